The molecule has 0 bridgehead atoms. The van der Waals surface area contributed by atoms with Gasteiger partial charge in [-0.2, -0.15) is 0 Å². The molecule has 1 saturated carbocycles. The van der Waals surface area contributed by atoms with Gasteiger partial charge < -0.3 is 9.67 Å². The number of nitrogens with zero attached hydrogens (tertiary/aromatic N) is 2. The van der Waals surface area contributed by atoms with Gasteiger partial charge in [-0.3, -0.25) is 0 Å². The van der Waals surface area contributed by atoms with E-state index in [2.05, 4.69) is 4.98 Å². The maximum absolute atomic E-state index is 15.0. The lowest BCUT2D eigenvalue weighted by molar-refractivity contribution is 0.0252. The van der Waals surface area contributed by atoms with E-state index in [1.165, 1.54) is 6.20 Å². The van der Waals surface area contributed by atoms with E-state index in [0.29, 0.717) is 43.4 Å². The van der Waals surface area contributed by atoms with E-state index in [1.54, 1.807) is 10.9 Å². The first-order valence-electron chi connectivity index (χ1n) is 8.35. The van der Waals surface area contributed by atoms with Crippen molar-refractivity contribution in [2.24, 2.45) is 0 Å². The first kappa shape index (κ1) is 15.7. The number of aliphatic hydroxyl groups excluding tert-OH is 1. The quantitative estimate of drug-likeness (QED) is 0.914. The Kier molecular flexibility index (Phi) is 3.67. The first-order valence-corrected chi connectivity index (χ1v) is 8.35. The fraction of sp³-hybridized carbons (Fsp3) is 0.500. The highest BCUT2D eigenvalue weighted by molar-refractivity contribution is 5.70. The van der Waals surface area contributed by atoms with Gasteiger partial charge in [-0.1, -0.05) is 0 Å². The minimum atomic E-state index is -1.34. The second kappa shape index (κ2) is 5.62. The van der Waals surface area contributed by atoms with Crippen LogP contribution in [-0.4, -0.2) is 26.4 Å². The second-order valence-electron chi connectivity index (χ2n) is 6.94. The van der Waals surface area contributed by atoms with Crippen LogP contribution in [0.5, 0.6) is 0 Å². The van der Waals surface area contributed by atoms with Crippen molar-refractivity contribution in [3.63, 3.8) is 0 Å². The van der Waals surface area contributed by atoms with Crippen molar-refractivity contribution >= 4 is 0 Å². The van der Waals surface area contributed by atoms with Crippen LogP contribution in [0.2, 0.25) is 0 Å². The van der Waals surface area contributed by atoms with Crippen molar-refractivity contribution in [2.75, 3.05) is 0 Å². The van der Waals surface area contributed by atoms with Gasteiger partial charge in [-0.25, -0.2) is 18.2 Å². The van der Waals surface area contributed by atoms with Crippen LogP contribution in [0, 0.1) is 11.6 Å². The summed E-state index contributed by atoms with van der Waals surface area (Å²) in [5.74, 6) is -0.946. The predicted octanol–water partition coefficient (Wildman–Crippen LogP) is 4.15. The summed E-state index contributed by atoms with van der Waals surface area (Å²) < 4.78 is 45.2. The summed E-state index contributed by atoms with van der Waals surface area (Å²) in [6.45, 7) is 0. The van der Waals surface area contributed by atoms with Gasteiger partial charge in [0.1, 0.15) is 17.3 Å². The van der Waals surface area contributed by atoms with Gasteiger partial charge in [0, 0.05) is 11.1 Å². The normalized spacial score (nSPS) is 28.7. The van der Waals surface area contributed by atoms with E-state index in [-0.39, 0.29) is 12.0 Å². The lowest BCUT2D eigenvalue weighted by Crippen LogP contribution is -2.32. The number of imidazole rings is 1. The van der Waals surface area contributed by atoms with E-state index in [0.717, 1.165) is 12.1 Å². The Morgan fingerprint density at radius 2 is 1.92 bits per heavy atom. The molecule has 0 radical (unpaired) electrons. The van der Waals surface area contributed by atoms with Gasteiger partial charge in [0.2, 0.25) is 0 Å². The average molecular weight is 336 g/mol. The average Bonchev–Trinajstić information content (AvgIpc) is 3.13. The fourth-order valence-corrected chi connectivity index (χ4v) is 4.09. The van der Waals surface area contributed by atoms with Crippen LogP contribution in [-0.2, 0) is 0 Å². The number of aromatic nitrogens is 2. The molecule has 1 N–H and O–H groups in total. The van der Waals surface area contributed by atoms with Crippen molar-refractivity contribution in [1.82, 2.24) is 9.55 Å². The Labute approximate surface area is 138 Å². The Morgan fingerprint density at radius 1 is 1.21 bits per heavy atom. The molecule has 1 aromatic heterocycles. The summed E-state index contributed by atoms with van der Waals surface area (Å²) in [6.07, 6.45) is 4.83. The van der Waals surface area contributed by atoms with Crippen LogP contribution >= 0.6 is 0 Å². The molecule has 2 heterocycles. The molecule has 1 fully saturated rings. The SMILES string of the molecule is OC1CCC(F)(CCC2c3c(F)ccc(F)c3-c3cncn32)CC1. The van der Waals surface area contributed by atoms with E-state index >= 15 is 0 Å². The van der Waals surface area contributed by atoms with Gasteiger partial charge >= 0.3 is 0 Å². The molecular formula is C18H19F3N2O. The van der Waals surface area contributed by atoms with Crippen LogP contribution in [0.15, 0.2) is 24.7 Å². The third-order valence-electron chi connectivity index (χ3n) is 5.45. The summed E-state index contributed by atoms with van der Waals surface area (Å²) in [5, 5.41) is 9.55. The van der Waals surface area contributed by atoms with Gasteiger partial charge in [0.05, 0.1) is 30.4 Å². The lowest BCUT2D eigenvalue weighted by atomic mass is 9.80. The van der Waals surface area contributed by atoms with E-state index in [4.69, 9.17) is 0 Å². The zero-order chi connectivity index (χ0) is 16.9. The molecule has 1 aliphatic heterocycles. The first-order chi connectivity index (χ1) is 11.5. The van der Waals surface area contributed by atoms with Gasteiger partial charge in [0.15, 0.2) is 0 Å². The maximum atomic E-state index is 15.0. The van der Waals surface area contributed by atoms with Crippen molar-refractivity contribution in [3.8, 4) is 11.3 Å². The highest BCUT2D eigenvalue weighted by atomic mass is 19.1. The molecule has 6 heteroatoms. The number of rotatable bonds is 3. The number of aliphatic hydroxyl groups is 1. The highest BCUT2D eigenvalue weighted by Crippen LogP contribution is 2.46. The Morgan fingerprint density at radius 3 is 2.67 bits per heavy atom. The van der Waals surface area contributed by atoms with E-state index in [1.807, 2.05) is 0 Å². The summed E-state index contributed by atoms with van der Waals surface area (Å²) in [7, 11) is 0. The van der Waals surface area contributed by atoms with Gasteiger partial charge in [-0.15, -0.1) is 0 Å². The van der Waals surface area contributed by atoms with Crippen molar-refractivity contribution in [3.05, 3.63) is 41.9 Å². The Bertz CT molecular complexity index is 766. The topological polar surface area (TPSA) is 38.1 Å². The Balaban J connectivity index is 1.62. The molecule has 0 spiro atoms. The molecule has 1 atom stereocenters. The zero-order valence-electron chi connectivity index (χ0n) is 13.2. The largest absolute Gasteiger partial charge is 0.393 e. The van der Waals surface area contributed by atoms with Crippen molar-refractivity contribution in [1.29, 1.82) is 0 Å². The van der Waals surface area contributed by atoms with Crippen LogP contribution in [0.1, 0.15) is 50.1 Å². The number of hydrogen-bond acceptors (Lipinski definition) is 2. The van der Waals surface area contributed by atoms with E-state index < -0.39 is 29.4 Å². The molecule has 2 aliphatic rings. The number of benzene rings is 1. The molecule has 3 nitrogen and oxygen atoms in total. The molecule has 4 rings (SSSR count). The zero-order valence-corrected chi connectivity index (χ0v) is 13.2. The molecule has 0 amide bonds. The maximum Gasteiger partial charge on any atom is 0.133 e. The molecule has 0 saturated heterocycles. The van der Waals surface area contributed by atoms with Crippen LogP contribution < -0.4 is 0 Å². The summed E-state index contributed by atoms with van der Waals surface area (Å²) in [4.78, 5) is 4.03. The minimum absolute atomic E-state index is 0.240. The summed E-state index contributed by atoms with van der Waals surface area (Å²) >= 11 is 0. The summed E-state index contributed by atoms with van der Waals surface area (Å²) in [6, 6.07) is 1.81. The molecule has 128 valence electrons. The third-order valence-corrected chi connectivity index (χ3v) is 5.45. The lowest BCUT2D eigenvalue weighted by Gasteiger charge is -2.33. The molecular weight excluding hydrogens is 317 g/mol. The van der Waals surface area contributed by atoms with Gasteiger partial charge in [-0.05, 0) is 50.7 Å². The van der Waals surface area contributed by atoms with Gasteiger partial charge in [0.25, 0.3) is 0 Å². The minimum Gasteiger partial charge on any atom is -0.393 e. The van der Waals surface area contributed by atoms with E-state index in [9.17, 15) is 18.3 Å². The molecule has 24 heavy (non-hydrogen) atoms. The third kappa shape index (κ3) is 2.44. The summed E-state index contributed by atoms with van der Waals surface area (Å²) in [5.41, 5.74) is -0.262. The number of hydrogen-bond donors (Lipinski definition) is 1. The fourth-order valence-electron chi connectivity index (χ4n) is 4.09. The van der Waals surface area contributed by atoms with Crippen LogP contribution in [0.25, 0.3) is 11.3 Å². The van der Waals surface area contributed by atoms with Crippen molar-refractivity contribution < 1.29 is 18.3 Å². The van der Waals surface area contributed by atoms with Crippen molar-refractivity contribution in [2.45, 2.75) is 56.3 Å². The number of fused-ring (bicyclic) bond motifs is 3. The standard InChI is InChI=1S/C18H19F3N2O/c19-12-1-2-13(20)17-15-9-22-10-23(15)14(16(12)17)5-8-18(21)6-3-11(24)4-7-18/h1-2,9-11,14,24H,3-8H2. The molecule has 1 unspecified atom stereocenters. The predicted molar refractivity (Wildman–Crippen MR) is 83.3 cm³/mol. The smallest absolute Gasteiger partial charge is 0.133 e. The monoisotopic (exact) mass is 336 g/mol. The highest BCUT2D eigenvalue weighted by Gasteiger charge is 2.38. The number of alkyl halides is 1. The Hall–Kier alpha value is -1.82. The molecule has 2 aromatic rings. The second-order valence-corrected chi connectivity index (χ2v) is 6.94. The molecule has 1 aromatic carbocycles. The van der Waals surface area contributed by atoms with Crippen LogP contribution in [0.3, 0.4) is 0 Å². The molecule has 1 aliphatic carbocycles. The number of halogens is 3. The van der Waals surface area contributed by atoms with Crippen LogP contribution in [0.4, 0.5) is 13.2 Å².